The van der Waals surface area contributed by atoms with Gasteiger partial charge in [-0.1, -0.05) is 42.5 Å². The number of anilines is 1. The van der Waals surface area contributed by atoms with Gasteiger partial charge in [0.05, 0.1) is 10.9 Å². The highest BCUT2D eigenvalue weighted by Gasteiger charge is 2.30. The van der Waals surface area contributed by atoms with E-state index in [1.807, 2.05) is 68.4 Å². The van der Waals surface area contributed by atoms with Gasteiger partial charge in [-0.15, -0.1) is 0 Å². The third-order valence-electron chi connectivity index (χ3n) is 3.77. The minimum absolute atomic E-state index is 0.0778. The molecule has 106 valence electrons. The lowest BCUT2D eigenvalue weighted by molar-refractivity contribution is -0.120. The van der Waals surface area contributed by atoms with Gasteiger partial charge in [-0.25, -0.2) is 0 Å². The van der Waals surface area contributed by atoms with Crippen molar-refractivity contribution in [3.05, 3.63) is 60.2 Å². The van der Waals surface area contributed by atoms with Crippen molar-refractivity contribution in [2.24, 2.45) is 0 Å². The molecule has 0 aliphatic rings. The number of hydrogen-bond donors (Lipinski definition) is 2. The molecule has 3 aromatic rings. The summed E-state index contributed by atoms with van der Waals surface area (Å²) in [6.07, 6.45) is 0. The standard InChI is InChI=1S/C17H17N3O/c1-17(2,12-8-4-3-5-9-12)16(21)18-15-13-10-6-7-11-14(13)19-20-15/h3-11H,1-2H3,(H2,18,19,20,21). The Morgan fingerprint density at radius 2 is 1.71 bits per heavy atom. The molecule has 4 heteroatoms. The first-order valence-corrected chi connectivity index (χ1v) is 6.89. The van der Waals surface area contributed by atoms with Gasteiger partial charge >= 0.3 is 0 Å². The summed E-state index contributed by atoms with van der Waals surface area (Å²) in [5, 5.41) is 10.9. The molecule has 2 aromatic carbocycles. The number of carbonyl (C=O) groups excluding carboxylic acids is 1. The van der Waals surface area contributed by atoms with Gasteiger partial charge in [0.15, 0.2) is 5.82 Å². The van der Waals surface area contributed by atoms with Crippen LogP contribution < -0.4 is 5.32 Å². The van der Waals surface area contributed by atoms with Crippen LogP contribution in [0.5, 0.6) is 0 Å². The molecular formula is C17H17N3O. The van der Waals surface area contributed by atoms with E-state index in [4.69, 9.17) is 0 Å². The van der Waals surface area contributed by atoms with Crippen molar-refractivity contribution in [1.82, 2.24) is 10.2 Å². The number of benzene rings is 2. The lowest BCUT2D eigenvalue weighted by Crippen LogP contribution is -2.34. The molecule has 0 fully saturated rings. The van der Waals surface area contributed by atoms with Crippen LogP contribution in [-0.4, -0.2) is 16.1 Å². The van der Waals surface area contributed by atoms with Gasteiger partial charge < -0.3 is 5.32 Å². The molecule has 1 amide bonds. The van der Waals surface area contributed by atoms with Crippen LogP contribution in [0.15, 0.2) is 54.6 Å². The third kappa shape index (κ3) is 2.40. The summed E-state index contributed by atoms with van der Waals surface area (Å²) in [6.45, 7) is 3.82. The second-order valence-corrected chi connectivity index (χ2v) is 5.56. The summed E-state index contributed by atoms with van der Waals surface area (Å²) < 4.78 is 0. The molecule has 0 atom stereocenters. The van der Waals surface area contributed by atoms with E-state index in [9.17, 15) is 4.79 Å². The topological polar surface area (TPSA) is 57.8 Å². The van der Waals surface area contributed by atoms with Crippen LogP contribution in [0, 0.1) is 0 Å². The van der Waals surface area contributed by atoms with Gasteiger partial charge in [-0.05, 0) is 31.5 Å². The number of rotatable bonds is 3. The second kappa shape index (κ2) is 5.05. The van der Waals surface area contributed by atoms with E-state index in [2.05, 4.69) is 15.5 Å². The molecule has 0 unspecified atom stereocenters. The van der Waals surface area contributed by atoms with Gasteiger partial charge in [-0.2, -0.15) is 5.10 Å². The van der Waals surface area contributed by atoms with Crippen molar-refractivity contribution in [3.63, 3.8) is 0 Å². The Morgan fingerprint density at radius 1 is 1.05 bits per heavy atom. The van der Waals surface area contributed by atoms with E-state index >= 15 is 0 Å². The summed E-state index contributed by atoms with van der Waals surface area (Å²) in [5.41, 5.74) is 1.26. The zero-order valence-electron chi connectivity index (χ0n) is 12.1. The SMILES string of the molecule is CC(C)(C(=O)Nc1n[nH]c2ccccc12)c1ccccc1. The Morgan fingerprint density at radius 3 is 2.48 bits per heavy atom. The molecule has 0 radical (unpaired) electrons. The monoisotopic (exact) mass is 279 g/mol. The molecule has 21 heavy (non-hydrogen) atoms. The number of aromatic nitrogens is 2. The predicted molar refractivity (Wildman–Crippen MR) is 84.2 cm³/mol. The Kier molecular flexibility index (Phi) is 3.22. The van der Waals surface area contributed by atoms with E-state index in [0.717, 1.165) is 16.5 Å². The summed E-state index contributed by atoms with van der Waals surface area (Å²) in [6, 6.07) is 17.5. The fourth-order valence-corrected chi connectivity index (χ4v) is 2.31. The van der Waals surface area contributed by atoms with Crippen LogP contribution in [0.4, 0.5) is 5.82 Å². The predicted octanol–water partition coefficient (Wildman–Crippen LogP) is 3.48. The maximum atomic E-state index is 12.6. The zero-order valence-corrected chi connectivity index (χ0v) is 12.1. The minimum Gasteiger partial charge on any atom is -0.308 e. The van der Waals surface area contributed by atoms with Gasteiger partial charge in [0, 0.05) is 5.39 Å². The summed E-state index contributed by atoms with van der Waals surface area (Å²) in [5.74, 6) is 0.491. The molecular weight excluding hydrogens is 262 g/mol. The Labute approximate surface area is 123 Å². The first kappa shape index (κ1) is 13.4. The van der Waals surface area contributed by atoms with Crippen LogP contribution in [0.2, 0.25) is 0 Å². The molecule has 0 saturated heterocycles. The fraction of sp³-hybridized carbons (Fsp3) is 0.176. The van der Waals surface area contributed by atoms with Gasteiger partial charge in [0.25, 0.3) is 0 Å². The average Bonchev–Trinajstić information content (AvgIpc) is 2.91. The number of carbonyl (C=O) groups is 1. The molecule has 0 saturated carbocycles. The number of nitrogens with zero attached hydrogens (tertiary/aromatic N) is 1. The highest BCUT2D eigenvalue weighted by Crippen LogP contribution is 2.26. The number of fused-ring (bicyclic) bond motifs is 1. The van der Waals surface area contributed by atoms with Crippen LogP contribution in [-0.2, 0) is 10.2 Å². The normalized spacial score (nSPS) is 11.5. The number of para-hydroxylation sites is 1. The average molecular weight is 279 g/mol. The highest BCUT2D eigenvalue weighted by molar-refractivity contribution is 6.03. The number of H-pyrrole nitrogens is 1. The maximum absolute atomic E-state index is 12.6. The quantitative estimate of drug-likeness (QED) is 0.771. The van der Waals surface area contributed by atoms with Crippen LogP contribution in [0.1, 0.15) is 19.4 Å². The molecule has 1 aromatic heterocycles. The van der Waals surface area contributed by atoms with E-state index < -0.39 is 5.41 Å². The minimum atomic E-state index is -0.624. The van der Waals surface area contributed by atoms with Gasteiger partial charge in [0.2, 0.25) is 5.91 Å². The first-order valence-electron chi connectivity index (χ1n) is 6.89. The number of nitrogens with one attached hydrogen (secondary N) is 2. The summed E-state index contributed by atoms with van der Waals surface area (Å²) in [7, 11) is 0. The van der Waals surface area contributed by atoms with Crippen molar-refractivity contribution in [2.45, 2.75) is 19.3 Å². The largest absolute Gasteiger partial charge is 0.308 e. The van der Waals surface area contributed by atoms with E-state index in [0.29, 0.717) is 5.82 Å². The number of hydrogen-bond acceptors (Lipinski definition) is 2. The van der Waals surface area contributed by atoms with Crippen molar-refractivity contribution < 1.29 is 4.79 Å². The Balaban J connectivity index is 1.89. The van der Waals surface area contributed by atoms with E-state index in [1.165, 1.54) is 0 Å². The Bertz CT molecular complexity index is 775. The smallest absolute Gasteiger partial charge is 0.235 e. The van der Waals surface area contributed by atoms with E-state index in [1.54, 1.807) is 0 Å². The maximum Gasteiger partial charge on any atom is 0.235 e. The zero-order chi connectivity index (χ0) is 14.9. The van der Waals surface area contributed by atoms with Crippen molar-refractivity contribution in [1.29, 1.82) is 0 Å². The summed E-state index contributed by atoms with van der Waals surface area (Å²) >= 11 is 0. The highest BCUT2D eigenvalue weighted by atomic mass is 16.2. The van der Waals surface area contributed by atoms with Crippen molar-refractivity contribution in [2.75, 3.05) is 5.32 Å². The lowest BCUT2D eigenvalue weighted by Gasteiger charge is -2.23. The fourth-order valence-electron chi connectivity index (χ4n) is 2.31. The molecule has 2 N–H and O–H groups in total. The second-order valence-electron chi connectivity index (χ2n) is 5.56. The molecule has 3 rings (SSSR count). The van der Waals surface area contributed by atoms with Gasteiger partial charge in [-0.3, -0.25) is 9.89 Å². The molecule has 0 spiro atoms. The number of aromatic amines is 1. The van der Waals surface area contributed by atoms with E-state index in [-0.39, 0.29) is 5.91 Å². The molecule has 0 aliphatic carbocycles. The third-order valence-corrected chi connectivity index (χ3v) is 3.77. The van der Waals surface area contributed by atoms with Crippen molar-refractivity contribution >= 4 is 22.6 Å². The molecule has 0 bridgehead atoms. The first-order chi connectivity index (χ1) is 10.1. The Hall–Kier alpha value is -2.62. The van der Waals surface area contributed by atoms with Crippen LogP contribution in [0.3, 0.4) is 0 Å². The summed E-state index contributed by atoms with van der Waals surface area (Å²) in [4.78, 5) is 12.6. The van der Waals surface area contributed by atoms with Crippen molar-refractivity contribution in [3.8, 4) is 0 Å². The van der Waals surface area contributed by atoms with Crippen LogP contribution >= 0.6 is 0 Å². The lowest BCUT2D eigenvalue weighted by atomic mass is 9.84. The van der Waals surface area contributed by atoms with Gasteiger partial charge in [0.1, 0.15) is 0 Å². The molecule has 4 nitrogen and oxygen atoms in total. The molecule has 1 heterocycles. The number of amides is 1. The van der Waals surface area contributed by atoms with Crippen LogP contribution in [0.25, 0.3) is 10.9 Å². The molecule has 0 aliphatic heterocycles.